The largest absolute Gasteiger partial charge is 0.459 e. The molecule has 1 aromatic carbocycles. The third-order valence-corrected chi connectivity index (χ3v) is 3.97. The van der Waals surface area contributed by atoms with Crippen molar-refractivity contribution < 1.29 is 4.42 Å². The minimum absolute atomic E-state index is 0.780. The lowest BCUT2D eigenvalue weighted by Gasteiger charge is -2.17. The van der Waals surface area contributed by atoms with E-state index in [-0.39, 0.29) is 0 Å². The van der Waals surface area contributed by atoms with Gasteiger partial charge in [0.1, 0.15) is 11.3 Å². The van der Waals surface area contributed by atoms with E-state index in [0.717, 1.165) is 53.9 Å². The molecule has 0 saturated carbocycles. The van der Waals surface area contributed by atoms with Gasteiger partial charge in [0, 0.05) is 18.5 Å². The molecule has 3 nitrogen and oxygen atoms in total. The van der Waals surface area contributed by atoms with Crippen molar-refractivity contribution in [3.8, 4) is 0 Å². The van der Waals surface area contributed by atoms with Crippen molar-refractivity contribution in [1.29, 1.82) is 0 Å². The Kier molecular flexibility index (Phi) is 5.43. The summed E-state index contributed by atoms with van der Waals surface area (Å²) in [4.78, 5) is 2.40. The molecule has 0 atom stereocenters. The number of para-hydroxylation sites is 1. The van der Waals surface area contributed by atoms with Gasteiger partial charge in [-0.3, -0.25) is 0 Å². The Bertz CT molecular complexity index is 520. The van der Waals surface area contributed by atoms with E-state index >= 15 is 0 Å². The number of hydrogen-bond acceptors (Lipinski definition) is 3. The van der Waals surface area contributed by atoms with Crippen molar-refractivity contribution in [2.24, 2.45) is 0 Å². The standard InChI is InChI=1S/C15H21BrN2O/c1-3-18(4-2)9-8-17-11-13-10-12-6-5-7-14(16)15(12)19-13/h5-7,10,17H,3-4,8-9,11H2,1-2H3. The molecule has 0 bridgehead atoms. The van der Waals surface area contributed by atoms with Crippen molar-refractivity contribution in [3.63, 3.8) is 0 Å². The zero-order valence-electron chi connectivity index (χ0n) is 11.6. The first-order valence-electron chi connectivity index (χ1n) is 6.84. The van der Waals surface area contributed by atoms with Crippen LogP contribution in [0.15, 0.2) is 33.2 Å². The van der Waals surface area contributed by atoms with Gasteiger partial charge in [-0.05, 0) is 41.2 Å². The molecule has 0 aliphatic heterocycles. The van der Waals surface area contributed by atoms with Crippen LogP contribution in [0.1, 0.15) is 19.6 Å². The first kappa shape index (κ1) is 14.6. The summed E-state index contributed by atoms with van der Waals surface area (Å²) in [5.41, 5.74) is 0.933. The van der Waals surface area contributed by atoms with Gasteiger partial charge in [0.15, 0.2) is 0 Å². The normalized spacial score (nSPS) is 11.6. The Morgan fingerprint density at radius 2 is 2.05 bits per heavy atom. The summed E-state index contributed by atoms with van der Waals surface area (Å²) in [7, 11) is 0. The van der Waals surface area contributed by atoms with Crippen molar-refractivity contribution in [1.82, 2.24) is 10.2 Å². The fourth-order valence-electron chi connectivity index (χ4n) is 2.16. The highest BCUT2D eigenvalue weighted by Gasteiger charge is 2.06. The van der Waals surface area contributed by atoms with E-state index in [0.29, 0.717) is 0 Å². The first-order chi connectivity index (χ1) is 9.24. The summed E-state index contributed by atoms with van der Waals surface area (Å²) in [6, 6.07) is 8.20. The molecule has 0 aliphatic carbocycles. The maximum atomic E-state index is 5.84. The number of fused-ring (bicyclic) bond motifs is 1. The van der Waals surface area contributed by atoms with E-state index in [1.165, 1.54) is 0 Å². The third-order valence-electron chi connectivity index (χ3n) is 3.35. The fourth-order valence-corrected chi connectivity index (χ4v) is 2.62. The number of likely N-dealkylation sites (N-methyl/N-ethyl adjacent to an activating group) is 1. The van der Waals surface area contributed by atoms with E-state index in [1.807, 2.05) is 12.1 Å². The van der Waals surface area contributed by atoms with Gasteiger partial charge < -0.3 is 14.6 Å². The molecule has 19 heavy (non-hydrogen) atoms. The maximum absolute atomic E-state index is 5.84. The molecule has 1 N–H and O–H groups in total. The third kappa shape index (κ3) is 3.81. The summed E-state index contributed by atoms with van der Waals surface area (Å²) >= 11 is 3.51. The van der Waals surface area contributed by atoms with Crippen LogP contribution in [0.4, 0.5) is 0 Å². The fraction of sp³-hybridized carbons (Fsp3) is 0.467. The van der Waals surface area contributed by atoms with Crippen LogP contribution in [-0.4, -0.2) is 31.1 Å². The van der Waals surface area contributed by atoms with Gasteiger partial charge in [0.2, 0.25) is 0 Å². The van der Waals surface area contributed by atoms with Gasteiger partial charge in [-0.1, -0.05) is 26.0 Å². The van der Waals surface area contributed by atoms with E-state index < -0.39 is 0 Å². The Labute approximate surface area is 123 Å². The van der Waals surface area contributed by atoms with Crippen LogP contribution in [0.3, 0.4) is 0 Å². The number of rotatable bonds is 7. The topological polar surface area (TPSA) is 28.4 Å². The molecule has 4 heteroatoms. The zero-order valence-corrected chi connectivity index (χ0v) is 13.2. The summed E-state index contributed by atoms with van der Waals surface area (Å²) in [5.74, 6) is 0.987. The Balaban J connectivity index is 1.86. The summed E-state index contributed by atoms with van der Waals surface area (Å²) in [6.45, 7) is 9.45. The summed E-state index contributed by atoms with van der Waals surface area (Å²) in [6.07, 6.45) is 0. The number of halogens is 1. The van der Waals surface area contributed by atoms with Crippen LogP contribution in [-0.2, 0) is 6.54 Å². The van der Waals surface area contributed by atoms with Crippen molar-refractivity contribution in [2.45, 2.75) is 20.4 Å². The lowest BCUT2D eigenvalue weighted by molar-refractivity contribution is 0.300. The van der Waals surface area contributed by atoms with Gasteiger partial charge in [0.05, 0.1) is 11.0 Å². The van der Waals surface area contributed by atoms with Crippen LogP contribution in [0, 0.1) is 0 Å². The molecule has 0 unspecified atom stereocenters. The van der Waals surface area contributed by atoms with Crippen LogP contribution in [0.2, 0.25) is 0 Å². The zero-order chi connectivity index (χ0) is 13.7. The second-order valence-electron chi connectivity index (χ2n) is 4.57. The van der Waals surface area contributed by atoms with Gasteiger partial charge in [-0.2, -0.15) is 0 Å². The number of benzene rings is 1. The minimum atomic E-state index is 0.780. The SMILES string of the molecule is CCN(CC)CCNCc1cc2cccc(Br)c2o1. The lowest BCUT2D eigenvalue weighted by Crippen LogP contribution is -2.31. The number of nitrogens with zero attached hydrogens (tertiary/aromatic N) is 1. The molecule has 1 aromatic heterocycles. The van der Waals surface area contributed by atoms with E-state index in [1.54, 1.807) is 0 Å². The van der Waals surface area contributed by atoms with Gasteiger partial charge >= 0.3 is 0 Å². The van der Waals surface area contributed by atoms with Crippen molar-refractivity contribution >= 4 is 26.9 Å². The van der Waals surface area contributed by atoms with Crippen molar-refractivity contribution in [2.75, 3.05) is 26.2 Å². The van der Waals surface area contributed by atoms with Crippen LogP contribution in [0.5, 0.6) is 0 Å². The minimum Gasteiger partial charge on any atom is -0.459 e. The Hall–Kier alpha value is -0.840. The smallest absolute Gasteiger partial charge is 0.148 e. The molecule has 0 radical (unpaired) electrons. The molecule has 2 aromatic rings. The predicted molar refractivity (Wildman–Crippen MR) is 83.4 cm³/mol. The molecular formula is C15H21BrN2O. The molecule has 0 amide bonds. The molecule has 0 spiro atoms. The second-order valence-corrected chi connectivity index (χ2v) is 5.43. The summed E-state index contributed by atoms with van der Waals surface area (Å²) in [5, 5.41) is 4.58. The van der Waals surface area contributed by atoms with Gasteiger partial charge in [-0.15, -0.1) is 0 Å². The molecule has 0 fully saturated rings. The van der Waals surface area contributed by atoms with Crippen molar-refractivity contribution in [3.05, 3.63) is 34.5 Å². The highest BCUT2D eigenvalue weighted by molar-refractivity contribution is 9.10. The lowest BCUT2D eigenvalue weighted by atomic mass is 10.2. The molecule has 0 aliphatic rings. The van der Waals surface area contributed by atoms with Gasteiger partial charge in [-0.25, -0.2) is 0 Å². The highest BCUT2D eigenvalue weighted by atomic mass is 79.9. The Morgan fingerprint density at radius 3 is 2.74 bits per heavy atom. The average Bonchev–Trinajstić information content (AvgIpc) is 2.83. The van der Waals surface area contributed by atoms with E-state index in [9.17, 15) is 0 Å². The molecular weight excluding hydrogens is 304 g/mol. The van der Waals surface area contributed by atoms with E-state index in [4.69, 9.17) is 4.42 Å². The molecule has 0 saturated heterocycles. The number of nitrogens with one attached hydrogen (secondary N) is 1. The molecule has 2 rings (SSSR count). The van der Waals surface area contributed by atoms with Crippen LogP contribution >= 0.6 is 15.9 Å². The molecule has 1 heterocycles. The number of hydrogen-bond donors (Lipinski definition) is 1. The monoisotopic (exact) mass is 324 g/mol. The van der Waals surface area contributed by atoms with Crippen LogP contribution < -0.4 is 5.32 Å². The number of furan rings is 1. The first-order valence-corrected chi connectivity index (χ1v) is 7.64. The Morgan fingerprint density at radius 1 is 1.26 bits per heavy atom. The summed E-state index contributed by atoms with van der Waals surface area (Å²) < 4.78 is 6.85. The maximum Gasteiger partial charge on any atom is 0.148 e. The molecule has 104 valence electrons. The van der Waals surface area contributed by atoms with E-state index in [2.05, 4.69) is 52.1 Å². The highest BCUT2D eigenvalue weighted by Crippen LogP contribution is 2.26. The second kappa shape index (κ2) is 7.08. The quantitative estimate of drug-likeness (QED) is 0.788. The average molecular weight is 325 g/mol. The van der Waals surface area contributed by atoms with Crippen LogP contribution in [0.25, 0.3) is 11.0 Å². The van der Waals surface area contributed by atoms with Gasteiger partial charge in [0.25, 0.3) is 0 Å². The predicted octanol–water partition coefficient (Wildman–Crippen LogP) is 3.63.